The van der Waals surface area contributed by atoms with E-state index >= 15 is 0 Å². The van der Waals surface area contributed by atoms with E-state index in [-0.39, 0.29) is 5.41 Å². The summed E-state index contributed by atoms with van der Waals surface area (Å²) < 4.78 is 0. The Labute approximate surface area is 358 Å². The molecule has 0 spiro atoms. The van der Waals surface area contributed by atoms with Crippen molar-refractivity contribution in [1.82, 2.24) is 4.98 Å². The SMILES string of the molecule is CCc1cc(-c2cccc3c2[nH]c2c(-c4ccccc4)cccc23)ccc1-c1ccc(N(c2ccc(-c3ccccc3)cc2)c2cccc3c2-c2ccccc2C3(C)C)cc1. The first-order valence-electron chi connectivity index (χ1n) is 21.5. The summed E-state index contributed by atoms with van der Waals surface area (Å²) in [5, 5.41) is 2.50. The predicted molar refractivity (Wildman–Crippen MR) is 259 cm³/mol. The quantitative estimate of drug-likeness (QED) is 0.163. The first-order valence-corrected chi connectivity index (χ1v) is 21.5. The fourth-order valence-electron chi connectivity index (χ4n) is 9.95. The van der Waals surface area contributed by atoms with Gasteiger partial charge in [-0.1, -0.05) is 197 Å². The normalized spacial score (nSPS) is 12.7. The fourth-order valence-corrected chi connectivity index (χ4v) is 9.95. The maximum atomic E-state index is 3.87. The minimum absolute atomic E-state index is 0.0949. The second-order valence-electron chi connectivity index (χ2n) is 16.8. The number of nitrogens with zero attached hydrogens (tertiary/aromatic N) is 1. The third-order valence-electron chi connectivity index (χ3n) is 13.0. The van der Waals surface area contributed by atoms with Crippen molar-refractivity contribution >= 4 is 38.9 Å². The molecule has 0 fully saturated rings. The van der Waals surface area contributed by atoms with Crippen molar-refractivity contribution in [3.05, 3.63) is 223 Å². The molecule has 61 heavy (non-hydrogen) atoms. The summed E-state index contributed by atoms with van der Waals surface area (Å²) in [7, 11) is 0. The Bertz CT molecular complexity index is 3230. The van der Waals surface area contributed by atoms with Crippen LogP contribution < -0.4 is 4.90 Å². The summed E-state index contributed by atoms with van der Waals surface area (Å²) in [6.07, 6.45) is 0.928. The molecular weight excluding hydrogens is 737 g/mol. The Morgan fingerprint density at radius 3 is 1.56 bits per heavy atom. The van der Waals surface area contributed by atoms with Crippen molar-refractivity contribution in [2.75, 3.05) is 4.90 Å². The van der Waals surface area contributed by atoms with Crippen molar-refractivity contribution in [1.29, 1.82) is 0 Å². The number of nitrogens with one attached hydrogen (secondary N) is 1. The molecule has 9 aromatic carbocycles. The van der Waals surface area contributed by atoms with Crippen LogP contribution in [0, 0.1) is 0 Å². The Morgan fingerprint density at radius 1 is 0.410 bits per heavy atom. The van der Waals surface area contributed by atoms with Crippen LogP contribution in [0.5, 0.6) is 0 Å². The maximum Gasteiger partial charge on any atom is 0.0544 e. The fraction of sp³-hybridized carbons (Fsp3) is 0.0847. The molecule has 1 aliphatic carbocycles. The smallest absolute Gasteiger partial charge is 0.0544 e. The van der Waals surface area contributed by atoms with Gasteiger partial charge in [-0.2, -0.15) is 0 Å². The highest BCUT2D eigenvalue weighted by Crippen LogP contribution is 2.54. The molecule has 1 N–H and O–H groups in total. The van der Waals surface area contributed by atoms with Gasteiger partial charge in [-0.15, -0.1) is 0 Å². The van der Waals surface area contributed by atoms with Gasteiger partial charge in [-0.25, -0.2) is 0 Å². The number of para-hydroxylation sites is 2. The van der Waals surface area contributed by atoms with E-state index in [9.17, 15) is 0 Å². The van der Waals surface area contributed by atoms with E-state index in [1.807, 2.05) is 0 Å². The van der Waals surface area contributed by atoms with E-state index in [1.54, 1.807) is 0 Å². The van der Waals surface area contributed by atoms with Crippen LogP contribution in [-0.2, 0) is 11.8 Å². The molecule has 292 valence electrons. The van der Waals surface area contributed by atoms with Crippen LogP contribution in [0.15, 0.2) is 206 Å². The highest BCUT2D eigenvalue weighted by molar-refractivity contribution is 6.15. The first-order chi connectivity index (χ1) is 30.0. The molecule has 0 aliphatic heterocycles. The standard InChI is InChI=1S/C59H46N2/c1-4-39-38-44(49-22-14-24-51-50-23-13-21-48(57(50)60-58(49)51)42-18-9-6-10-19-42)32-37-47(39)43-30-35-46(36-31-43)61(45-33-28-41(29-34-45)40-16-7-5-8-17-40)55-27-15-26-54-56(55)52-20-11-12-25-53(52)59(54,2)3/h5-38,60H,4H2,1-3H3. The van der Waals surface area contributed by atoms with Gasteiger partial charge >= 0.3 is 0 Å². The third-order valence-corrected chi connectivity index (χ3v) is 13.0. The first kappa shape index (κ1) is 36.6. The van der Waals surface area contributed by atoms with Crippen molar-refractivity contribution < 1.29 is 0 Å². The average molecular weight is 783 g/mol. The van der Waals surface area contributed by atoms with E-state index in [0.29, 0.717) is 0 Å². The summed E-state index contributed by atoms with van der Waals surface area (Å²) in [5.41, 5.74) is 22.2. The van der Waals surface area contributed by atoms with Gasteiger partial charge in [0.1, 0.15) is 0 Å². The molecule has 0 bridgehead atoms. The van der Waals surface area contributed by atoms with Gasteiger partial charge in [-0.3, -0.25) is 0 Å². The van der Waals surface area contributed by atoms with Crippen LogP contribution in [0.1, 0.15) is 37.5 Å². The molecule has 1 aliphatic rings. The van der Waals surface area contributed by atoms with Crippen LogP contribution in [0.3, 0.4) is 0 Å². The van der Waals surface area contributed by atoms with E-state index in [1.165, 1.54) is 99.8 Å². The topological polar surface area (TPSA) is 19.0 Å². The van der Waals surface area contributed by atoms with Gasteiger partial charge in [-0.05, 0) is 92.4 Å². The molecule has 2 nitrogen and oxygen atoms in total. The number of hydrogen-bond acceptors (Lipinski definition) is 1. The molecule has 0 saturated heterocycles. The summed E-state index contributed by atoms with van der Waals surface area (Å²) >= 11 is 0. The number of fused-ring (bicyclic) bond motifs is 6. The second-order valence-corrected chi connectivity index (χ2v) is 16.8. The zero-order valence-corrected chi connectivity index (χ0v) is 34.8. The van der Waals surface area contributed by atoms with E-state index in [0.717, 1.165) is 17.8 Å². The number of aryl methyl sites for hydroxylation is 1. The molecule has 2 heteroatoms. The molecule has 0 atom stereocenters. The summed E-state index contributed by atoms with van der Waals surface area (Å²) in [6.45, 7) is 6.98. The molecule has 1 heterocycles. The molecule has 11 rings (SSSR count). The lowest BCUT2D eigenvalue weighted by atomic mass is 9.82. The van der Waals surface area contributed by atoms with Crippen LogP contribution in [0.25, 0.3) is 77.4 Å². The minimum atomic E-state index is -0.0949. The molecule has 0 saturated carbocycles. The van der Waals surface area contributed by atoms with Crippen LogP contribution in [0.4, 0.5) is 17.1 Å². The zero-order chi connectivity index (χ0) is 41.1. The summed E-state index contributed by atoms with van der Waals surface area (Å²) in [6, 6.07) is 75.7. The molecule has 0 amide bonds. The Balaban J connectivity index is 0.992. The Kier molecular flexibility index (Phi) is 8.83. The van der Waals surface area contributed by atoms with Crippen molar-refractivity contribution in [2.45, 2.75) is 32.6 Å². The van der Waals surface area contributed by atoms with E-state index in [4.69, 9.17) is 0 Å². The lowest BCUT2D eigenvalue weighted by Crippen LogP contribution is -2.16. The summed E-state index contributed by atoms with van der Waals surface area (Å²) in [4.78, 5) is 6.32. The maximum absolute atomic E-state index is 3.87. The molecular formula is C59H46N2. The van der Waals surface area contributed by atoms with E-state index < -0.39 is 0 Å². The number of H-pyrrole nitrogens is 1. The number of anilines is 3. The number of aromatic amines is 1. The molecule has 10 aromatic rings. The van der Waals surface area contributed by atoms with Gasteiger partial charge in [0.2, 0.25) is 0 Å². The number of hydrogen-bond donors (Lipinski definition) is 1. The van der Waals surface area contributed by atoms with Crippen molar-refractivity contribution in [3.8, 4) is 55.6 Å². The van der Waals surface area contributed by atoms with Gasteiger partial charge in [0.05, 0.1) is 16.7 Å². The van der Waals surface area contributed by atoms with Crippen molar-refractivity contribution in [2.24, 2.45) is 0 Å². The molecule has 1 aromatic heterocycles. The molecule has 0 radical (unpaired) electrons. The Hall–Kier alpha value is -7.42. The van der Waals surface area contributed by atoms with Gasteiger partial charge in [0.25, 0.3) is 0 Å². The lowest BCUT2D eigenvalue weighted by Gasteiger charge is -2.29. The third kappa shape index (κ3) is 6.09. The highest BCUT2D eigenvalue weighted by Gasteiger charge is 2.37. The molecule has 0 unspecified atom stereocenters. The lowest BCUT2D eigenvalue weighted by molar-refractivity contribution is 0.660. The number of aromatic nitrogens is 1. The minimum Gasteiger partial charge on any atom is -0.353 e. The number of rotatable bonds is 8. The van der Waals surface area contributed by atoms with Crippen LogP contribution >= 0.6 is 0 Å². The van der Waals surface area contributed by atoms with Gasteiger partial charge in [0.15, 0.2) is 0 Å². The van der Waals surface area contributed by atoms with E-state index in [2.05, 4.69) is 237 Å². The van der Waals surface area contributed by atoms with Gasteiger partial charge in [0, 0.05) is 44.3 Å². The Morgan fingerprint density at radius 2 is 0.902 bits per heavy atom. The van der Waals surface area contributed by atoms with Gasteiger partial charge < -0.3 is 9.88 Å². The predicted octanol–water partition coefficient (Wildman–Crippen LogP) is 16.3. The second kappa shape index (κ2) is 14.7. The van der Waals surface area contributed by atoms with Crippen LogP contribution in [0.2, 0.25) is 0 Å². The van der Waals surface area contributed by atoms with Crippen molar-refractivity contribution in [3.63, 3.8) is 0 Å². The highest BCUT2D eigenvalue weighted by atomic mass is 15.1. The monoisotopic (exact) mass is 782 g/mol. The summed E-state index contributed by atoms with van der Waals surface area (Å²) in [5.74, 6) is 0. The average Bonchev–Trinajstić information content (AvgIpc) is 3.82. The number of benzene rings is 9. The van der Waals surface area contributed by atoms with Crippen LogP contribution in [-0.4, -0.2) is 4.98 Å². The largest absolute Gasteiger partial charge is 0.353 e. The zero-order valence-electron chi connectivity index (χ0n) is 34.8.